The smallest absolute Gasteiger partial charge is 0.550 e. The first kappa shape index (κ1) is 53.6. The molecule has 0 N–H and O–H groups in total. The SMILES string of the molecule is CCCCC(CC)C(=O)[O-].CCCCC(CC)C(=O)[O-].CCCCC(CC)C(=O)[O-].CCCCC(CC)C(=O)[O-].[Co+2].[Zn+2]. The fraction of sp³-hybridized carbons (Fsp3) is 0.875. The molecule has 0 saturated carbocycles. The number of carboxylic acids is 4. The first-order valence-corrected chi connectivity index (χ1v) is 15.7. The van der Waals surface area contributed by atoms with Crippen molar-refractivity contribution < 1.29 is 75.9 Å². The summed E-state index contributed by atoms with van der Waals surface area (Å²) in [6.07, 6.45) is 14.1. The molecule has 10 heteroatoms. The largest absolute Gasteiger partial charge is 2.00 e. The number of rotatable bonds is 20. The van der Waals surface area contributed by atoms with Gasteiger partial charge < -0.3 is 39.6 Å². The van der Waals surface area contributed by atoms with Crippen LogP contribution in [0.1, 0.15) is 158 Å². The van der Waals surface area contributed by atoms with Crippen LogP contribution in [0, 0.1) is 23.7 Å². The Bertz CT molecular complexity index is 515. The second-order valence-corrected chi connectivity index (χ2v) is 10.3. The summed E-state index contributed by atoms with van der Waals surface area (Å²) in [5.41, 5.74) is 0. The second kappa shape index (κ2) is 40.0. The normalized spacial score (nSPS) is 12.4. The molecule has 0 bridgehead atoms. The molecule has 8 nitrogen and oxygen atoms in total. The van der Waals surface area contributed by atoms with Crippen molar-refractivity contribution in [2.45, 2.75) is 158 Å². The zero-order valence-corrected chi connectivity index (χ0v) is 31.9. The van der Waals surface area contributed by atoms with E-state index in [1.54, 1.807) is 0 Å². The number of hydrogen-bond acceptors (Lipinski definition) is 8. The summed E-state index contributed by atoms with van der Waals surface area (Å²) in [4.78, 5) is 41.3. The molecule has 0 amide bonds. The van der Waals surface area contributed by atoms with Gasteiger partial charge in [-0.1, -0.05) is 107 Å². The molecule has 0 spiro atoms. The van der Waals surface area contributed by atoms with Crippen LogP contribution in [0.15, 0.2) is 0 Å². The first-order chi connectivity index (χ1) is 18.9. The Kier molecular flexibility index (Phi) is 51.0. The van der Waals surface area contributed by atoms with Crippen LogP contribution in [0.2, 0.25) is 0 Å². The van der Waals surface area contributed by atoms with E-state index in [1.165, 1.54) is 0 Å². The number of hydrogen-bond donors (Lipinski definition) is 0. The van der Waals surface area contributed by atoms with E-state index >= 15 is 0 Å². The maximum absolute atomic E-state index is 10.3. The predicted molar refractivity (Wildman–Crippen MR) is 153 cm³/mol. The van der Waals surface area contributed by atoms with Gasteiger partial charge in [0.15, 0.2) is 0 Å². The number of carboxylic acid groups (broad SMARTS) is 4. The van der Waals surface area contributed by atoms with E-state index in [9.17, 15) is 39.6 Å². The molecule has 0 heterocycles. The topological polar surface area (TPSA) is 161 Å². The Balaban J connectivity index is -0.000000101. The van der Waals surface area contributed by atoms with Crippen molar-refractivity contribution in [3.05, 3.63) is 0 Å². The van der Waals surface area contributed by atoms with E-state index < -0.39 is 23.9 Å². The van der Waals surface area contributed by atoms with Gasteiger partial charge >= 0.3 is 36.3 Å². The van der Waals surface area contributed by atoms with Crippen molar-refractivity contribution in [3.8, 4) is 0 Å². The Morgan fingerprint density at radius 1 is 0.405 bits per heavy atom. The average molecular weight is 697 g/mol. The van der Waals surface area contributed by atoms with Gasteiger partial charge in [0.25, 0.3) is 0 Å². The van der Waals surface area contributed by atoms with Gasteiger partial charge in [-0.3, -0.25) is 0 Å². The molecule has 0 aromatic heterocycles. The molecule has 0 aliphatic heterocycles. The van der Waals surface area contributed by atoms with Crippen molar-refractivity contribution in [2.75, 3.05) is 0 Å². The van der Waals surface area contributed by atoms with Crippen LogP contribution in [-0.4, -0.2) is 23.9 Å². The molecule has 42 heavy (non-hydrogen) atoms. The molecular weight excluding hydrogens is 637 g/mol. The van der Waals surface area contributed by atoms with E-state index in [-0.39, 0.29) is 59.9 Å². The van der Waals surface area contributed by atoms with Crippen LogP contribution < -0.4 is 20.4 Å². The average Bonchev–Trinajstić information content (AvgIpc) is 2.91. The van der Waals surface area contributed by atoms with Crippen LogP contribution >= 0.6 is 0 Å². The molecule has 0 fully saturated rings. The van der Waals surface area contributed by atoms with Gasteiger partial charge in [0, 0.05) is 23.9 Å². The van der Waals surface area contributed by atoms with Gasteiger partial charge in [-0.25, -0.2) is 0 Å². The second-order valence-electron chi connectivity index (χ2n) is 10.3. The van der Waals surface area contributed by atoms with Crippen LogP contribution in [-0.2, 0) is 55.4 Å². The fourth-order valence-corrected chi connectivity index (χ4v) is 3.76. The third-order valence-electron chi connectivity index (χ3n) is 6.93. The van der Waals surface area contributed by atoms with Gasteiger partial charge in [0.05, 0.1) is 0 Å². The third-order valence-corrected chi connectivity index (χ3v) is 6.93. The number of unbranched alkanes of at least 4 members (excludes halogenated alkanes) is 4. The number of carbonyl (C=O) groups is 4. The van der Waals surface area contributed by atoms with Gasteiger partial charge in [-0.15, -0.1) is 0 Å². The molecule has 0 rings (SSSR count). The van der Waals surface area contributed by atoms with Gasteiger partial charge in [0.2, 0.25) is 0 Å². The molecule has 4 atom stereocenters. The van der Waals surface area contributed by atoms with Crippen molar-refractivity contribution in [1.82, 2.24) is 0 Å². The minimum Gasteiger partial charge on any atom is -0.550 e. The summed E-state index contributed by atoms with van der Waals surface area (Å²) in [6.45, 7) is 15.8. The van der Waals surface area contributed by atoms with Crippen molar-refractivity contribution in [2.24, 2.45) is 23.7 Å². The quantitative estimate of drug-likeness (QED) is 0.174. The Labute approximate surface area is 280 Å². The number of aliphatic carboxylic acids is 4. The van der Waals surface area contributed by atoms with Gasteiger partial charge in [-0.05, 0) is 75.0 Å². The molecule has 0 aliphatic rings. The molecule has 4 unspecified atom stereocenters. The Morgan fingerprint density at radius 3 is 0.619 bits per heavy atom. The molecule has 247 valence electrons. The van der Waals surface area contributed by atoms with Gasteiger partial charge in [0.1, 0.15) is 0 Å². The van der Waals surface area contributed by atoms with Crippen LogP contribution in [0.3, 0.4) is 0 Å². The summed E-state index contributed by atoms with van der Waals surface area (Å²) in [5, 5.41) is 41.3. The summed E-state index contributed by atoms with van der Waals surface area (Å²) in [5.74, 6) is -4.46. The number of carbonyl (C=O) groups excluding carboxylic acids is 4. The standard InChI is InChI=1S/4C8H16O2.Co.Zn/c4*1-3-5-6-7(4-2)8(9)10;;/h4*7H,3-6H2,1-2H3,(H,9,10);;/q;;;;2*+2/p-4. The van der Waals surface area contributed by atoms with E-state index in [1.807, 2.05) is 27.7 Å². The molecule has 0 saturated heterocycles. The van der Waals surface area contributed by atoms with E-state index in [4.69, 9.17) is 0 Å². The molecular formula is C32H60CoO8Zn. The van der Waals surface area contributed by atoms with Crippen molar-refractivity contribution in [1.29, 1.82) is 0 Å². The maximum Gasteiger partial charge on any atom is 2.00 e. The third kappa shape index (κ3) is 37.0. The van der Waals surface area contributed by atoms with Crippen LogP contribution in [0.5, 0.6) is 0 Å². The van der Waals surface area contributed by atoms with Crippen LogP contribution in [0.25, 0.3) is 0 Å². The monoisotopic (exact) mass is 695 g/mol. The predicted octanol–water partition coefficient (Wildman–Crippen LogP) is 3.81. The Hall–Kier alpha value is -0.990. The van der Waals surface area contributed by atoms with Crippen LogP contribution in [0.4, 0.5) is 0 Å². The first-order valence-electron chi connectivity index (χ1n) is 15.7. The minimum absolute atomic E-state index is 0. The molecule has 1 radical (unpaired) electrons. The zero-order valence-electron chi connectivity index (χ0n) is 27.9. The van der Waals surface area contributed by atoms with E-state index in [0.29, 0.717) is 25.7 Å². The molecule has 0 aliphatic carbocycles. The minimum atomic E-state index is -0.893. The summed E-state index contributed by atoms with van der Waals surface area (Å²) in [7, 11) is 0. The summed E-state index contributed by atoms with van der Waals surface area (Å²) in [6, 6.07) is 0. The van der Waals surface area contributed by atoms with Crippen molar-refractivity contribution >= 4 is 23.9 Å². The van der Waals surface area contributed by atoms with E-state index in [0.717, 1.165) is 77.0 Å². The summed E-state index contributed by atoms with van der Waals surface area (Å²) < 4.78 is 0. The molecule has 0 aromatic rings. The van der Waals surface area contributed by atoms with Crippen molar-refractivity contribution in [3.63, 3.8) is 0 Å². The fourth-order valence-electron chi connectivity index (χ4n) is 3.76. The van der Waals surface area contributed by atoms with E-state index in [2.05, 4.69) is 27.7 Å². The maximum atomic E-state index is 10.3. The van der Waals surface area contributed by atoms with Gasteiger partial charge in [-0.2, -0.15) is 0 Å². The zero-order chi connectivity index (χ0) is 31.9. The summed E-state index contributed by atoms with van der Waals surface area (Å²) >= 11 is 0. The Morgan fingerprint density at radius 2 is 0.548 bits per heavy atom. The molecule has 0 aromatic carbocycles.